The summed E-state index contributed by atoms with van der Waals surface area (Å²) in [4.78, 5) is 21.0. The SMILES string of the molecule is CC(=O)C(CC(C)O)C(=O)O. The minimum atomic E-state index is -1.17. The van der Waals surface area contributed by atoms with E-state index >= 15 is 0 Å². The second-order valence-corrected chi connectivity index (χ2v) is 2.59. The van der Waals surface area contributed by atoms with Gasteiger partial charge in [-0.05, 0) is 20.3 Å². The molecule has 4 heteroatoms. The molecule has 4 nitrogen and oxygen atoms in total. The normalized spacial score (nSPS) is 15.5. The number of Topliss-reactive ketones (excluding diaryl/α,β-unsaturated/α-hetero) is 1. The van der Waals surface area contributed by atoms with Crippen LogP contribution in [0.25, 0.3) is 0 Å². The molecule has 0 aliphatic carbocycles. The van der Waals surface area contributed by atoms with Crippen LogP contribution in [0.1, 0.15) is 20.3 Å². The molecule has 0 bridgehead atoms. The first-order valence-corrected chi connectivity index (χ1v) is 3.36. The molecule has 0 saturated carbocycles. The average molecular weight is 160 g/mol. The van der Waals surface area contributed by atoms with E-state index in [1.165, 1.54) is 13.8 Å². The van der Waals surface area contributed by atoms with E-state index in [0.717, 1.165) is 0 Å². The number of aliphatic hydroxyl groups excluding tert-OH is 1. The van der Waals surface area contributed by atoms with Gasteiger partial charge in [0.2, 0.25) is 0 Å². The highest BCUT2D eigenvalue weighted by molar-refractivity contribution is 5.96. The Labute approximate surface area is 64.8 Å². The lowest BCUT2D eigenvalue weighted by molar-refractivity contribution is -0.146. The summed E-state index contributed by atoms with van der Waals surface area (Å²) in [5, 5.41) is 17.3. The first kappa shape index (κ1) is 10.1. The Hall–Kier alpha value is -0.900. The Kier molecular flexibility index (Phi) is 3.74. The van der Waals surface area contributed by atoms with Gasteiger partial charge in [-0.15, -0.1) is 0 Å². The molecule has 0 rings (SSSR count). The quantitative estimate of drug-likeness (QED) is 0.570. The van der Waals surface area contributed by atoms with Gasteiger partial charge < -0.3 is 10.2 Å². The molecule has 0 aromatic heterocycles. The summed E-state index contributed by atoms with van der Waals surface area (Å²) >= 11 is 0. The highest BCUT2D eigenvalue weighted by Crippen LogP contribution is 2.07. The van der Waals surface area contributed by atoms with Crippen molar-refractivity contribution in [1.29, 1.82) is 0 Å². The smallest absolute Gasteiger partial charge is 0.314 e. The molecule has 2 N–H and O–H groups in total. The summed E-state index contributed by atoms with van der Waals surface area (Å²) < 4.78 is 0. The highest BCUT2D eigenvalue weighted by atomic mass is 16.4. The molecule has 0 aromatic carbocycles. The molecule has 0 aliphatic heterocycles. The van der Waals surface area contributed by atoms with Crippen molar-refractivity contribution in [3.63, 3.8) is 0 Å². The van der Waals surface area contributed by atoms with Crippen LogP contribution in [0.2, 0.25) is 0 Å². The molecular formula is C7H12O4. The van der Waals surface area contributed by atoms with Crippen molar-refractivity contribution in [2.75, 3.05) is 0 Å². The van der Waals surface area contributed by atoms with Crippen molar-refractivity contribution in [1.82, 2.24) is 0 Å². The maximum absolute atomic E-state index is 10.6. The minimum Gasteiger partial charge on any atom is -0.481 e. The fraction of sp³-hybridized carbons (Fsp3) is 0.714. The molecule has 0 aromatic rings. The van der Waals surface area contributed by atoms with Gasteiger partial charge in [-0.2, -0.15) is 0 Å². The number of hydrogen-bond donors (Lipinski definition) is 2. The van der Waals surface area contributed by atoms with Crippen LogP contribution in [-0.4, -0.2) is 28.1 Å². The Morgan fingerprint density at radius 3 is 2.00 bits per heavy atom. The third-order valence-corrected chi connectivity index (χ3v) is 1.37. The third kappa shape index (κ3) is 3.72. The van der Waals surface area contributed by atoms with Crippen molar-refractivity contribution < 1.29 is 19.8 Å². The molecule has 2 unspecified atom stereocenters. The zero-order valence-corrected chi connectivity index (χ0v) is 6.57. The standard InChI is InChI=1S/C7H12O4/c1-4(8)3-6(5(2)9)7(10)11/h4,6,8H,3H2,1-2H3,(H,10,11). The first-order chi connectivity index (χ1) is 4.95. The topological polar surface area (TPSA) is 74.6 Å². The van der Waals surface area contributed by atoms with Crippen LogP contribution in [-0.2, 0) is 9.59 Å². The average Bonchev–Trinajstić information content (AvgIpc) is 1.81. The number of ketones is 1. The summed E-state index contributed by atoms with van der Waals surface area (Å²) in [6, 6.07) is 0. The predicted molar refractivity (Wildman–Crippen MR) is 38.1 cm³/mol. The van der Waals surface area contributed by atoms with E-state index in [1.807, 2.05) is 0 Å². The highest BCUT2D eigenvalue weighted by Gasteiger charge is 2.23. The summed E-state index contributed by atoms with van der Waals surface area (Å²) in [5.74, 6) is -2.65. The van der Waals surface area contributed by atoms with Gasteiger partial charge in [0.05, 0.1) is 6.10 Å². The number of hydrogen-bond acceptors (Lipinski definition) is 3. The molecule has 0 heterocycles. The molecule has 11 heavy (non-hydrogen) atoms. The van der Waals surface area contributed by atoms with Crippen molar-refractivity contribution in [3.05, 3.63) is 0 Å². The molecule has 0 aliphatic rings. The zero-order chi connectivity index (χ0) is 9.02. The van der Waals surface area contributed by atoms with E-state index in [-0.39, 0.29) is 6.42 Å². The first-order valence-electron chi connectivity index (χ1n) is 3.36. The molecule has 0 fully saturated rings. The van der Waals surface area contributed by atoms with Crippen molar-refractivity contribution in [2.45, 2.75) is 26.4 Å². The van der Waals surface area contributed by atoms with Crippen LogP contribution < -0.4 is 0 Å². The lowest BCUT2D eigenvalue weighted by Crippen LogP contribution is -2.25. The van der Waals surface area contributed by atoms with E-state index in [4.69, 9.17) is 10.2 Å². The summed E-state index contributed by atoms with van der Waals surface area (Å²) in [6.45, 7) is 2.67. The third-order valence-electron chi connectivity index (χ3n) is 1.37. The Bertz CT molecular complexity index is 148. The summed E-state index contributed by atoms with van der Waals surface area (Å²) in [6.07, 6.45) is -0.759. The molecular weight excluding hydrogens is 148 g/mol. The molecule has 2 atom stereocenters. The molecule has 0 radical (unpaired) electrons. The second kappa shape index (κ2) is 4.08. The van der Waals surface area contributed by atoms with Gasteiger partial charge in [0.15, 0.2) is 0 Å². The van der Waals surface area contributed by atoms with Crippen LogP contribution in [0.5, 0.6) is 0 Å². The number of rotatable bonds is 4. The van der Waals surface area contributed by atoms with Gasteiger partial charge in [-0.1, -0.05) is 0 Å². The maximum Gasteiger partial charge on any atom is 0.314 e. The molecule has 0 saturated heterocycles. The molecule has 64 valence electrons. The van der Waals surface area contributed by atoms with Crippen LogP contribution in [0, 0.1) is 5.92 Å². The Balaban J connectivity index is 4.12. The van der Waals surface area contributed by atoms with Crippen molar-refractivity contribution >= 4 is 11.8 Å². The lowest BCUT2D eigenvalue weighted by Gasteiger charge is -2.09. The Morgan fingerprint density at radius 2 is 1.91 bits per heavy atom. The van der Waals surface area contributed by atoms with Crippen LogP contribution in [0.4, 0.5) is 0 Å². The lowest BCUT2D eigenvalue weighted by atomic mass is 9.99. The van der Waals surface area contributed by atoms with Gasteiger partial charge >= 0.3 is 5.97 Å². The number of carboxylic acids is 1. The van der Waals surface area contributed by atoms with Crippen molar-refractivity contribution in [3.8, 4) is 0 Å². The number of carbonyl (C=O) groups excluding carboxylic acids is 1. The largest absolute Gasteiger partial charge is 0.481 e. The van der Waals surface area contributed by atoms with Crippen LogP contribution in [0.3, 0.4) is 0 Å². The predicted octanol–water partition coefficient (Wildman–Crippen LogP) is 0.0471. The van der Waals surface area contributed by atoms with Gasteiger partial charge in [0.1, 0.15) is 11.7 Å². The van der Waals surface area contributed by atoms with Crippen LogP contribution >= 0.6 is 0 Å². The van der Waals surface area contributed by atoms with Gasteiger partial charge in [0.25, 0.3) is 0 Å². The summed E-state index contributed by atoms with van der Waals surface area (Å²) in [7, 11) is 0. The van der Waals surface area contributed by atoms with E-state index in [1.54, 1.807) is 0 Å². The molecule has 0 amide bonds. The maximum atomic E-state index is 10.6. The van der Waals surface area contributed by atoms with E-state index in [9.17, 15) is 9.59 Å². The molecule has 0 spiro atoms. The number of aliphatic carboxylic acids is 1. The van der Waals surface area contributed by atoms with Gasteiger partial charge in [0, 0.05) is 0 Å². The van der Waals surface area contributed by atoms with Gasteiger partial charge in [-0.3, -0.25) is 9.59 Å². The van der Waals surface area contributed by atoms with Crippen LogP contribution in [0.15, 0.2) is 0 Å². The van der Waals surface area contributed by atoms with E-state index in [2.05, 4.69) is 0 Å². The Morgan fingerprint density at radius 1 is 1.45 bits per heavy atom. The summed E-state index contributed by atoms with van der Waals surface area (Å²) in [5.41, 5.74) is 0. The number of carbonyl (C=O) groups is 2. The zero-order valence-electron chi connectivity index (χ0n) is 6.57. The number of carboxylic acid groups (broad SMARTS) is 1. The second-order valence-electron chi connectivity index (χ2n) is 2.59. The fourth-order valence-electron chi connectivity index (χ4n) is 0.782. The number of aliphatic hydroxyl groups is 1. The van der Waals surface area contributed by atoms with E-state index in [0.29, 0.717) is 0 Å². The van der Waals surface area contributed by atoms with E-state index < -0.39 is 23.8 Å². The van der Waals surface area contributed by atoms with Crippen molar-refractivity contribution in [2.24, 2.45) is 5.92 Å². The monoisotopic (exact) mass is 160 g/mol. The minimum absolute atomic E-state index is 0.00926. The fourth-order valence-corrected chi connectivity index (χ4v) is 0.782. The van der Waals surface area contributed by atoms with Gasteiger partial charge in [-0.25, -0.2) is 0 Å².